The van der Waals surface area contributed by atoms with Crippen LogP contribution in [0.3, 0.4) is 0 Å². The molecule has 2 rings (SSSR count). The Kier molecular flexibility index (Phi) is 3.06. The van der Waals surface area contributed by atoms with Crippen LogP contribution in [-0.2, 0) is 6.42 Å². The Labute approximate surface area is 90.7 Å². The summed E-state index contributed by atoms with van der Waals surface area (Å²) in [5.41, 5.74) is 0.983. The summed E-state index contributed by atoms with van der Waals surface area (Å²) in [4.78, 5) is 0. The molecule has 2 heteroatoms. The van der Waals surface area contributed by atoms with E-state index in [1.807, 2.05) is 19.2 Å². The number of likely N-dealkylation sites (N-methyl/N-ethyl adjacent to an activating group) is 1. The third kappa shape index (κ3) is 2.20. The number of rotatable bonds is 3. The van der Waals surface area contributed by atoms with E-state index in [2.05, 4.69) is 5.32 Å². The van der Waals surface area contributed by atoms with Crippen LogP contribution in [0.5, 0.6) is 0 Å². The van der Waals surface area contributed by atoms with Crippen molar-refractivity contribution in [2.75, 3.05) is 7.05 Å². The quantitative estimate of drug-likeness (QED) is 0.803. The zero-order chi connectivity index (χ0) is 10.7. The lowest BCUT2D eigenvalue weighted by Crippen LogP contribution is -2.42. The summed E-state index contributed by atoms with van der Waals surface area (Å²) in [6, 6.07) is 7.11. The molecule has 1 N–H and O–H groups in total. The van der Waals surface area contributed by atoms with E-state index in [4.69, 9.17) is 0 Å². The van der Waals surface area contributed by atoms with Gasteiger partial charge in [-0.3, -0.25) is 0 Å². The molecule has 0 amide bonds. The number of hydrogen-bond donors (Lipinski definition) is 1. The fraction of sp³-hybridized carbons (Fsp3) is 0.538. The molecule has 0 saturated heterocycles. The Balaban J connectivity index is 2.16. The van der Waals surface area contributed by atoms with Gasteiger partial charge in [0.25, 0.3) is 0 Å². The minimum absolute atomic E-state index is 0.0703. The van der Waals surface area contributed by atoms with E-state index in [9.17, 15) is 4.39 Å². The summed E-state index contributed by atoms with van der Waals surface area (Å²) >= 11 is 0. The van der Waals surface area contributed by atoms with E-state index in [0.29, 0.717) is 0 Å². The Morgan fingerprint density at radius 1 is 1.27 bits per heavy atom. The molecule has 1 aliphatic carbocycles. The van der Waals surface area contributed by atoms with E-state index in [1.54, 1.807) is 12.1 Å². The second-order valence-electron chi connectivity index (χ2n) is 4.51. The molecule has 82 valence electrons. The van der Waals surface area contributed by atoms with Crippen LogP contribution in [0.2, 0.25) is 0 Å². The molecule has 0 bridgehead atoms. The van der Waals surface area contributed by atoms with E-state index >= 15 is 0 Å². The number of benzene rings is 1. The molecule has 1 nitrogen and oxygen atoms in total. The molecule has 1 aromatic rings. The van der Waals surface area contributed by atoms with Gasteiger partial charge in [0.15, 0.2) is 0 Å². The lowest BCUT2D eigenvalue weighted by Gasteiger charge is -2.28. The Bertz CT molecular complexity index is 329. The van der Waals surface area contributed by atoms with Crippen LogP contribution in [0, 0.1) is 5.82 Å². The highest BCUT2D eigenvalue weighted by Crippen LogP contribution is 2.32. The van der Waals surface area contributed by atoms with Gasteiger partial charge < -0.3 is 5.32 Å². The second kappa shape index (κ2) is 4.31. The maximum atomic E-state index is 13.5. The molecule has 1 aliphatic rings. The molecule has 1 aromatic carbocycles. The van der Waals surface area contributed by atoms with Crippen molar-refractivity contribution < 1.29 is 4.39 Å². The molecular formula is C13H18FN. The van der Waals surface area contributed by atoms with Crippen molar-refractivity contribution in [2.45, 2.75) is 37.6 Å². The summed E-state index contributed by atoms with van der Waals surface area (Å²) in [6.45, 7) is 0. The topological polar surface area (TPSA) is 12.0 Å². The maximum absolute atomic E-state index is 13.5. The van der Waals surface area contributed by atoms with Crippen molar-refractivity contribution >= 4 is 0 Å². The van der Waals surface area contributed by atoms with Gasteiger partial charge in [0.2, 0.25) is 0 Å². The molecule has 1 saturated carbocycles. The summed E-state index contributed by atoms with van der Waals surface area (Å²) < 4.78 is 13.5. The lowest BCUT2D eigenvalue weighted by molar-refractivity contribution is 0.352. The maximum Gasteiger partial charge on any atom is 0.126 e. The van der Waals surface area contributed by atoms with E-state index in [0.717, 1.165) is 24.8 Å². The summed E-state index contributed by atoms with van der Waals surface area (Å²) in [5, 5.41) is 3.39. The fourth-order valence-corrected chi connectivity index (χ4v) is 2.57. The van der Waals surface area contributed by atoms with Crippen molar-refractivity contribution in [2.24, 2.45) is 0 Å². The van der Waals surface area contributed by atoms with E-state index < -0.39 is 0 Å². The Hall–Kier alpha value is -0.890. The Morgan fingerprint density at radius 2 is 1.93 bits per heavy atom. The highest BCUT2D eigenvalue weighted by atomic mass is 19.1. The van der Waals surface area contributed by atoms with Crippen LogP contribution in [0.4, 0.5) is 4.39 Å². The largest absolute Gasteiger partial charge is 0.314 e. The van der Waals surface area contributed by atoms with Crippen LogP contribution >= 0.6 is 0 Å². The average molecular weight is 207 g/mol. The van der Waals surface area contributed by atoms with Crippen molar-refractivity contribution in [3.63, 3.8) is 0 Å². The normalized spacial score (nSPS) is 19.3. The lowest BCUT2D eigenvalue weighted by atomic mass is 9.89. The van der Waals surface area contributed by atoms with Gasteiger partial charge in [-0.05, 0) is 37.9 Å². The third-order valence-electron chi connectivity index (χ3n) is 3.58. The monoisotopic (exact) mass is 207 g/mol. The van der Waals surface area contributed by atoms with Gasteiger partial charge >= 0.3 is 0 Å². The van der Waals surface area contributed by atoms with Crippen LogP contribution in [0.1, 0.15) is 31.2 Å². The summed E-state index contributed by atoms with van der Waals surface area (Å²) in [6.07, 6.45) is 5.66. The highest BCUT2D eigenvalue weighted by molar-refractivity contribution is 5.20. The van der Waals surface area contributed by atoms with Gasteiger partial charge in [-0.1, -0.05) is 31.0 Å². The molecule has 0 aromatic heterocycles. The standard InChI is InChI=1S/C13H18FN/c1-15-13(8-4-5-9-13)10-11-6-2-3-7-12(11)14/h2-3,6-7,15H,4-5,8-10H2,1H3. The van der Waals surface area contributed by atoms with Crippen LogP contribution in [0.15, 0.2) is 24.3 Å². The zero-order valence-corrected chi connectivity index (χ0v) is 9.22. The molecule has 0 heterocycles. The minimum atomic E-state index is -0.0703. The number of halogens is 1. The molecule has 0 spiro atoms. The van der Waals surface area contributed by atoms with Gasteiger partial charge in [-0.25, -0.2) is 4.39 Å². The summed E-state index contributed by atoms with van der Waals surface area (Å²) in [5.74, 6) is -0.0703. The molecule has 1 fully saturated rings. The van der Waals surface area contributed by atoms with Gasteiger partial charge in [-0.2, -0.15) is 0 Å². The van der Waals surface area contributed by atoms with Crippen LogP contribution in [-0.4, -0.2) is 12.6 Å². The third-order valence-corrected chi connectivity index (χ3v) is 3.58. The Morgan fingerprint density at radius 3 is 2.53 bits per heavy atom. The SMILES string of the molecule is CNC1(Cc2ccccc2F)CCCC1. The van der Waals surface area contributed by atoms with Crippen molar-refractivity contribution in [1.29, 1.82) is 0 Å². The summed E-state index contributed by atoms with van der Waals surface area (Å²) in [7, 11) is 1.99. The molecule has 0 aliphatic heterocycles. The molecule has 15 heavy (non-hydrogen) atoms. The fourth-order valence-electron chi connectivity index (χ4n) is 2.57. The van der Waals surface area contributed by atoms with Gasteiger partial charge in [0, 0.05) is 5.54 Å². The predicted octanol–water partition coefficient (Wildman–Crippen LogP) is 2.90. The molecular weight excluding hydrogens is 189 g/mol. The average Bonchev–Trinajstić information content (AvgIpc) is 2.71. The van der Waals surface area contributed by atoms with Crippen molar-refractivity contribution in [3.8, 4) is 0 Å². The van der Waals surface area contributed by atoms with Crippen LogP contribution in [0.25, 0.3) is 0 Å². The predicted molar refractivity (Wildman–Crippen MR) is 60.4 cm³/mol. The van der Waals surface area contributed by atoms with Crippen molar-refractivity contribution in [3.05, 3.63) is 35.6 Å². The molecule has 0 unspecified atom stereocenters. The van der Waals surface area contributed by atoms with Gasteiger partial charge in [-0.15, -0.1) is 0 Å². The first kappa shape index (κ1) is 10.6. The minimum Gasteiger partial charge on any atom is -0.314 e. The van der Waals surface area contributed by atoms with Crippen molar-refractivity contribution in [1.82, 2.24) is 5.32 Å². The molecule has 0 radical (unpaired) electrons. The molecule has 0 atom stereocenters. The number of nitrogens with one attached hydrogen (secondary N) is 1. The van der Waals surface area contributed by atoms with Gasteiger partial charge in [0.1, 0.15) is 5.82 Å². The second-order valence-corrected chi connectivity index (χ2v) is 4.51. The van der Waals surface area contributed by atoms with E-state index in [1.165, 1.54) is 12.8 Å². The first-order chi connectivity index (χ1) is 7.26. The highest BCUT2D eigenvalue weighted by Gasteiger charge is 2.32. The smallest absolute Gasteiger partial charge is 0.126 e. The van der Waals surface area contributed by atoms with Gasteiger partial charge in [0.05, 0.1) is 0 Å². The number of hydrogen-bond acceptors (Lipinski definition) is 1. The van der Waals surface area contributed by atoms with E-state index in [-0.39, 0.29) is 11.4 Å². The first-order valence-corrected chi connectivity index (χ1v) is 5.68. The first-order valence-electron chi connectivity index (χ1n) is 5.68. The zero-order valence-electron chi connectivity index (χ0n) is 9.22. The van der Waals surface area contributed by atoms with Crippen LogP contribution < -0.4 is 5.32 Å².